The van der Waals surface area contributed by atoms with Crippen molar-refractivity contribution < 1.29 is 4.92 Å². The first kappa shape index (κ1) is 12.7. The van der Waals surface area contributed by atoms with Crippen molar-refractivity contribution in [3.8, 4) is 0 Å². The lowest BCUT2D eigenvalue weighted by molar-refractivity contribution is -0.384. The second-order valence-electron chi connectivity index (χ2n) is 3.94. The summed E-state index contributed by atoms with van der Waals surface area (Å²) < 4.78 is 1.33. The summed E-state index contributed by atoms with van der Waals surface area (Å²) in [6, 6.07) is 2.43. The molecule has 2 aromatic rings. The van der Waals surface area contributed by atoms with Gasteiger partial charge in [-0.1, -0.05) is 0 Å². The summed E-state index contributed by atoms with van der Waals surface area (Å²) in [4.78, 5) is 25.5. The molecular formula is C10H12N6O3. The summed E-state index contributed by atoms with van der Waals surface area (Å²) in [6.45, 7) is 1.73. The average Bonchev–Trinajstić information content (AvgIpc) is 2.70. The third-order valence-electron chi connectivity index (χ3n) is 2.64. The fraction of sp³-hybridized carbons (Fsp3) is 0.300. The highest BCUT2D eigenvalue weighted by molar-refractivity contribution is 5.55. The summed E-state index contributed by atoms with van der Waals surface area (Å²) in [7, 11) is 1.56. The molecule has 0 saturated heterocycles. The molecule has 0 aliphatic carbocycles. The number of nitro groups is 1. The quantitative estimate of drug-likeness (QED) is 0.616. The van der Waals surface area contributed by atoms with Crippen LogP contribution in [0.15, 0.2) is 23.1 Å². The van der Waals surface area contributed by atoms with E-state index in [2.05, 4.69) is 20.5 Å². The molecule has 1 atom stereocenters. The third-order valence-corrected chi connectivity index (χ3v) is 2.64. The third kappa shape index (κ3) is 2.44. The van der Waals surface area contributed by atoms with Gasteiger partial charge in [0.2, 0.25) is 5.82 Å². The van der Waals surface area contributed by atoms with Crippen LogP contribution in [0.4, 0.5) is 11.5 Å². The topological polar surface area (TPSA) is 119 Å². The molecule has 0 bridgehead atoms. The summed E-state index contributed by atoms with van der Waals surface area (Å²) in [5.74, 6) is 0.570. The van der Waals surface area contributed by atoms with Crippen molar-refractivity contribution in [1.82, 2.24) is 19.7 Å². The minimum atomic E-state index is -0.522. The second kappa shape index (κ2) is 4.88. The lowest BCUT2D eigenvalue weighted by atomic mass is 10.3. The Hall–Kier alpha value is -2.71. The van der Waals surface area contributed by atoms with Gasteiger partial charge in [-0.15, -0.1) is 0 Å². The lowest BCUT2D eigenvalue weighted by Gasteiger charge is -2.12. The fourth-order valence-electron chi connectivity index (χ4n) is 1.67. The van der Waals surface area contributed by atoms with Crippen molar-refractivity contribution in [2.45, 2.75) is 13.0 Å². The maximum Gasteiger partial charge on any atom is 0.343 e. The Morgan fingerprint density at radius 1 is 1.58 bits per heavy atom. The molecule has 9 nitrogen and oxygen atoms in total. The maximum absolute atomic E-state index is 11.3. The number of nitrogens with zero attached hydrogens (tertiary/aromatic N) is 4. The molecule has 0 saturated carbocycles. The number of aromatic nitrogens is 4. The largest absolute Gasteiger partial charge is 0.355 e. The number of aromatic amines is 1. The van der Waals surface area contributed by atoms with Crippen LogP contribution in [0.1, 0.15) is 18.8 Å². The lowest BCUT2D eigenvalue weighted by Crippen LogP contribution is -2.19. The number of rotatable bonds is 4. The Balaban J connectivity index is 2.29. The van der Waals surface area contributed by atoms with Gasteiger partial charge < -0.3 is 5.32 Å². The van der Waals surface area contributed by atoms with Crippen LogP contribution in [0, 0.1) is 10.1 Å². The molecular weight excluding hydrogens is 252 g/mol. The molecule has 1 unspecified atom stereocenters. The second-order valence-corrected chi connectivity index (χ2v) is 3.94. The predicted molar refractivity (Wildman–Crippen MR) is 66.8 cm³/mol. The number of anilines is 1. The molecule has 19 heavy (non-hydrogen) atoms. The summed E-state index contributed by atoms with van der Waals surface area (Å²) in [5, 5.41) is 19.9. The van der Waals surface area contributed by atoms with E-state index >= 15 is 0 Å². The van der Waals surface area contributed by atoms with Gasteiger partial charge in [0.1, 0.15) is 0 Å². The van der Waals surface area contributed by atoms with E-state index in [1.807, 2.05) is 0 Å². The molecule has 0 aliphatic rings. The van der Waals surface area contributed by atoms with E-state index in [0.717, 1.165) is 0 Å². The van der Waals surface area contributed by atoms with Gasteiger partial charge in [0.15, 0.2) is 5.82 Å². The van der Waals surface area contributed by atoms with Gasteiger partial charge in [0, 0.05) is 19.3 Å². The molecule has 2 aromatic heterocycles. The van der Waals surface area contributed by atoms with Gasteiger partial charge in [-0.25, -0.2) is 14.9 Å². The highest BCUT2D eigenvalue weighted by Crippen LogP contribution is 2.24. The van der Waals surface area contributed by atoms with E-state index in [1.165, 1.54) is 22.9 Å². The Bertz CT molecular complexity index is 661. The van der Waals surface area contributed by atoms with Crippen molar-refractivity contribution in [2.75, 3.05) is 5.32 Å². The van der Waals surface area contributed by atoms with Crippen molar-refractivity contribution in [2.24, 2.45) is 7.05 Å². The average molecular weight is 264 g/mol. The molecule has 2 N–H and O–H groups in total. The summed E-state index contributed by atoms with van der Waals surface area (Å²) in [5.41, 5.74) is -0.478. The zero-order valence-electron chi connectivity index (χ0n) is 10.3. The Labute approximate surface area is 107 Å². The van der Waals surface area contributed by atoms with Crippen molar-refractivity contribution in [3.05, 3.63) is 44.8 Å². The van der Waals surface area contributed by atoms with Crippen LogP contribution in [0.3, 0.4) is 0 Å². The Kier molecular flexibility index (Phi) is 3.27. The van der Waals surface area contributed by atoms with E-state index in [-0.39, 0.29) is 17.2 Å². The molecule has 100 valence electrons. The summed E-state index contributed by atoms with van der Waals surface area (Å²) in [6.07, 6.45) is 1.45. The standard InChI is InChI=1S/C10H12N6O3/c1-6(9-13-14-10(17)15(9)2)12-8-7(16(18)19)4-3-5-11-8/h3-6H,1-2H3,(H,11,12)(H,14,17). The van der Waals surface area contributed by atoms with Crippen LogP contribution >= 0.6 is 0 Å². The predicted octanol–water partition coefficient (Wildman–Crippen LogP) is 0.585. The first-order valence-corrected chi connectivity index (χ1v) is 5.48. The van der Waals surface area contributed by atoms with Gasteiger partial charge in [-0.05, 0) is 13.0 Å². The number of hydrogen-bond donors (Lipinski definition) is 2. The van der Waals surface area contributed by atoms with E-state index in [1.54, 1.807) is 14.0 Å². The molecule has 2 rings (SSSR count). The van der Waals surface area contributed by atoms with E-state index in [0.29, 0.717) is 5.82 Å². The fourth-order valence-corrected chi connectivity index (χ4v) is 1.67. The van der Waals surface area contributed by atoms with Crippen LogP contribution in [-0.4, -0.2) is 24.7 Å². The maximum atomic E-state index is 11.3. The van der Waals surface area contributed by atoms with Crippen LogP contribution < -0.4 is 11.0 Å². The minimum Gasteiger partial charge on any atom is -0.355 e. The van der Waals surface area contributed by atoms with Crippen molar-refractivity contribution in [3.63, 3.8) is 0 Å². The zero-order valence-corrected chi connectivity index (χ0v) is 10.3. The first-order valence-electron chi connectivity index (χ1n) is 5.48. The highest BCUT2D eigenvalue weighted by atomic mass is 16.6. The van der Waals surface area contributed by atoms with Crippen LogP contribution in [0.25, 0.3) is 0 Å². The Morgan fingerprint density at radius 2 is 2.32 bits per heavy atom. The normalized spacial score (nSPS) is 12.1. The Morgan fingerprint density at radius 3 is 2.89 bits per heavy atom. The molecule has 2 heterocycles. The molecule has 0 aromatic carbocycles. The highest BCUT2D eigenvalue weighted by Gasteiger charge is 2.19. The minimum absolute atomic E-state index is 0.130. The number of hydrogen-bond acceptors (Lipinski definition) is 6. The monoisotopic (exact) mass is 264 g/mol. The van der Waals surface area contributed by atoms with E-state index in [4.69, 9.17) is 0 Å². The zero-order chi connectivity index (χ0) is 14.0. The van der Waals surface area contributed by atoms with E-state index < -0.39 is 11.0 Å². The van der Waals surface area contributed by atoms with Gasteiger partial charge in [0.25, 0.3) is 0 Å². The molecule has 0 amide bonds. The van der Waals surface area contributed by atoms with Gasteiger partial charge in [0.05, 0.1) is 11.0 Å². The SMILES string of the molecule is CC(Nc1ncccc1[N+](=O)[O-])c1n[nH]c(=O)n1C. The van der Waals surface area contributed by atoms with Gasteiger partial charge in [-0.2, -0.15) is 5.10 Å². The van der Waals surface area contributed by atoms with Crippen molar-refractivity contribution in [1.29, 1.82) is 0 Å². The van der Waals surface area contributed by atoms with Crippen LogP contribution in [-0.2, 0) is 7.05 Å². The van der Waals surface area contributed by atoms with Crippen LogP contribution in [0.2, 0.25) is 0 Å². The molecule has 0 aliphatic heterocycles. The first-order chi connectivity index (χ1) is 9.00. The van der Waals surface area contributed by atoms with Gasteiger partial charge >= 0.3 is 11.4 Å². The molecule has 0 spiro atoms. The molecule has 0 radical (unpaired) electrons. The number of nitrogens with one attached hydrogen (secondary N) is 2. The van der Waals surface area contributed by atoms with Crippen molar-refractivity contribution >= 4 is 11.5 Å². The smallest absolute Gasteiger partial charge is 0.343 e. The van der Waals surface area contributed by atoms with Gasteiger partial charge in [-0.3, -0.25) is 14.7 Å². The number of H-pyrrole nitrogens is 1. The number of pyridine rings is 1. The molecule has 9 heteroatoms. The van der Waals surface area contributed by atoms with Crippen LogP contribution in [0.5, 0.6) is 0 Å². The summed E-state index contributed by atoms with van der Waals surface area (Å²) >= 11 is 0. The van der Waals surface area contributed by atoms with E-state index in [9.17, 15) is 14.9 Å². The molecule has 0 fully saturated rings.